The number of nitrogens with two attached hydrogens (primary N) is 1. The summed E-state index contributed by atoms with van der Waals surface area (Å²) < 4.78 is 31.4. The molecule has 7 nitrogen and oxygen atoms in total. The highest BCUT2D eigenvalue weighted by atomic mass is 32.2. The topological polar surface area (TPSA) is 141 Å². The van der Waals surface area contributed by atoms with Crippen molar-refractivity contribution in [1.29, 1.82) is 0 Å². The van der Waals surface area contributed by atoms with E-state index in [1.807, 2.05) is 0 Å². The van der Waals surface area contributed by atoms with Crippen LogP contribution in [0.15, 0.2) is 0 Å². The average Bonchev–Trinajstić information content (AvgIpc) is 2.17. The second-order valence-electron chi connectivity index (χ2n) is 4.05. The van der Waals surface area contributed by atoms with E-state index in [0.717, 1.165) is 0 Å². The molecular weight excluding hydrogens is 238 g/mol. The minimum atomic E-state index is -4.51. The standard InChI is InChI=1S/C8H19NO6S/c1-6(9)2-7(16(13,14)15)8(3-10,4-11)5-12/h6-7,10-12H,2-5,9H2,1H3,(H,13,14,15). The van der Waals surface area contributed by atoms with Crippen LogP contribution in [-0.2, 0) is 10.1 Å². The Bertz CT molecular complexity index is 289. The molecule has 0 aromatic rings. The minimum Gasteiger partial charge on any atom is -0.396 e. The summed E-state index contributed by atoms with van der Waals surface area (Å²) in [6.45, 7) is -0.777. The summed E-state index contributed by atoms with van der Waals surface area (Å²) in [7, 11) is -4.51. The molecule has 0 aromatic carbocycles. The van der Waals surface area contributed by atoms with Crippen LogP contribution in [0.3, 0.4) is 0 Å². The van der Waals surface area contributed by atoms with E-state index in [-0.39, 0.29) is 6.42 Å². The van der Waals surface area contributed by atoms with Crippen molar-refractivity contribution >= 4 is 10.1 Å². The van der Waals surface area contributed by atoms with E-state index in [9.17, 15) is 8.42 Å². The highest BCUT2D eigenvalue weighted by molar-refractivity contribution is 7.86. The summed E-state index contributed by atoms with van der Waals surface area (Å²) in [5, 5.41) is 25.8. The zero-order valence-corrected chi connectivity index (χ0v) is 9.89. The lowest BCUT2D eigenvalue weighted by atomic mass is 9.84. The fraction of sp³-hybridized carbons (Fsp3) is 1.00. The Morgan fingerprint density at radius 1 is 1.19 bits per heavy atom. The largest absolute Gasteiger partial charge is 0.396 e. The molecule has 8 heteroatoms. The second-order valence-corrected chi connectivity index (χ2v) is 5.65. The zero-order valence-electron chi connectivity index (χ0n) is 9.07. The predicted octanol–water partition coefficient (Wildman–Crippen LogP) is -2.06. The molecule has 0 rings (SSSR count). The van der Waals surface area contributed by atoms with Crippen molar-refractivity contribution < 1.29 is 28.3 Å². The van der Waals surface area contributed by atoms with Gasteiger partial charge in [0.1, 0.15) is 5.25 Å². The SMILES string of the molecule is CC(N)CC(C(CO)(CO)CO)S(=O)(=O)O. The average molecular weight is 257 g/mol. The van der Waals surface area contributed by atoms with Gasteiger partial charge >= 0.3 is 0 Å². The van der Waals surface area contributed by atoms with Gasteiger partial charge in [-0.15, -0.1) is 0 Å². The first-order valence-corrected chi connectivity index (χ1v) is 6.28. The van der Waals surface area contributed by atoms with Crippen LogP contribution in [0.2, 0.25) is 0 Å². The number of hydrogen-bond donors (Lipinski definition) is 5. The molecule has 0 fully saturated rings. The third-order valence-electron chi connectivity index (χ3n) is 2.57. The van der Waals surface area contributed by atoms with E-state index in [4.69, 9.17) is 25.6 Å². The van der Waals surface area contributed by atoms with Crippen LogP contribution in [0.4, 0.5) is 0 Å². The Morgan fingerprint density at radius 3 is 1.75 bits per heavy atom. The van der Waals surface area contributed by atoms with E-state index >= 15 is 0 Å². The zero-order chi connectivity index (χ0) is 13.0. The van der Waals surface area contributed by atoms with Gasteiger partial charge in [0, 0.05) is 6.04 Å². The van der Waals surface area contributed by atoms with Crippen LogP contribution in [0, 0.1) is 5.41 Å². The molecule has 0 amide bonds. The lowest BCUT2D eigenvalue weighted by Crippen LogP contribution is -2.50. The molecule has 2 unspecified atom stereocenters. The van der Waals surface area contributed by atoms with Gasteiger partial charge in [0.05, 0.1) is 25.2 Å². The first kappa shape index (κ1) is 15.8. The summed E-state index contributed by atoms with van der Waals surface area (Å²) in [6, 6.07) is -0.559. The number of aliphatic hydroxyl groups is 3. The molecular formula is C8H19NO6S. The molecule has 0 aromatic heterocycles. The molecule has 2 atom stereocenters. The quantitative estimate of drug-likeness (QED) is 0.330. The lowest BCUT2D eigenvalue weighted by molar-refractivity contribution is -0.00149. The molecule has 0 heterocycles. The van der Waals surface area contributed by atoms with Crippen LogP contribution in [0.5, 0.6) is 0 Å². The second kappa shape index (κ2) is 5.89. The normalized spacial score (nSPS) is 17.1. The van der Waals surface area contributed by atoms with Gasteiger partial charge in [-0.2, -0.15) is 8.42 Å². The van der Waals surface area contributed by atoms with Crippen LogP contribution in [0.1, 0.15) is 13.3 Å². The fourth-order valence-electron chi connectivity index (χ4n) is 1.48. The smallest absolute Gasteiger partial charge is 0.268 e. The summed E-state index contributed by atoms with van der Waals surface area (Å²) in [5.74, 6) is 0. The molecule has 0 spiro atoms. The molecule has 0 saturated carbocycles. The van der Waals surface area contributed by atoms with Crippen molar-refractivity contribution in [2.45, 2.75) is 24.6 Å². The van der Waals surface area contributed by atoms with Gasteiger partial charge in [-0.05, 0) is 13.3 Å². The Kier molecular flexibility index (Phi) is 5.80. The van der Waals surface area contributed by atoms with Crippen molar-refractivity contribution in [1.82, 2.24) is 0 Å². The van der Waals surface area contributed by atoms with Crippen LogP contribution >= 0.6 is 0 Å². The summed E-state index contributed by atoms with van der Waals surface area (Å²) >= 11 is 0. The van der Waals surface area contributed by atoms with Gasteiger partial charge < -0.3 is 21.1 Å². The maximum absolute atomic E-state index is 11.2. The highest BCUT2D eigenvalue weighted by Crippen LogP contribution is 2.29. The van der Waals surface area contributed by atoms with E-state index in [0.29, 0.717) is 0 Å². The summed E-state index contributed by atoms with van der Waals surface area (Å²) in [5.41, 5.74) is 3.74. The Hall–Kier alpha value is -0.250. The van der Waals surface area contributed by atoms with Gasteiger partial charge in [0.25, 0.3) is 10.1 Å². The summed E-state index contributed by atoms with van der Waals surface area (Å²) in [4.78, 5) is 0. The lowest BCUT2D eigenvalue weighted by Gasteiger charge is -2.34. The van der Waals surface area contributed by atoms with Crippen molar-refractivity contribution in [3.05, 3.63) is 0 Å². The third-order valence-corrected chi connectivity index (χ3v) is 3.98. The van der Waals surface area contributed by atoms with Crippen molar-refractivity contribution in [2.75, 3.05) is 19.8 Å². The number of aliphatic hydroxyl groups excluding tert-OH is 3. The van der Waals surface area contributed by atoms with Crippen molar-refractivity contribution in [2.24, 2.45) is 11.1 Å². The minimum absolute atomic E-state index is 0.166. The molecule has 16 heavy (non-hydrogen) atoms. The van der Waals surface area contributed by atoms with E-state index in [2.05, 4.69) is 0 Å². The van der Waals surface area contributed by atoms with E-state index in [1.54, 1.807) is 0 Å². The molecule has 0 aliphatic carbocycles. The monoisotopic (exact) mass is 257 g/mol. The van der Waals surface area contributed by atoms with Gasteiger partial charge in [-0.25, -0.2) is 0 Å². The van der Waals surface area contributed by atoms with Crippen molar-refractivity contribution in [3.63, 3.8) is 0 Å². The molecule has 98 valence electrons. The predicted molar refractivity (Wildman–Crippen MR) is 57.3 cm³/mol. The van der Waals surface area contributed by atoms with Crippen LogP contribution in [0.25, 0.3) is 0 Å². The molecule has 0 saturated heterocycles. The maximum atomic E-state index is 11.2. The first-order valence-electron chi connectivity index (χ1n) is 4.78. The summed E-state index contributed by atoms with van der Waals surface area (Å²) in [6.07, 6.45) is -0.166. The van der Waals surface area contributed by atoms with Crippen LogP contribution in [-0.4, -0.2) is 59.4 Å². The van der Waals surface area contributed by atoms with Gasteiger partial charge in [-0.3, -0.25) is 4.55 Å². The molecule has 0 bridgehead atoms. The van der Waals surface area contributed by atoms with Gasteiger partial charge in [-0.1, -0.05) is 0 Å². The molecule has 6 N–H and O–H groups in total. The van der Waals surface area contributed by atoms with Crippen LogP contribution < -0.4 is 5.73 Å². The Labute approximate surface area is 94.6 Å². The Balaban J connectivity index is 5.29. The molecule has 0 aliphatic heterocycles. The van der Waals surface area contributed by atoms with Gasteiger partial charge in [0.15, 0.2) is 0 Å². The number of rotatable bonds is 7. The highest BCUT2D eigenvalue weighted by Gasteiger charge is 2.45. The molecule has 0 aliphatic rings. The van der Waals surface area contributed by atoms with E-state index in [1.165, 1.54) is 6.92 Å². The first-order chi connectivity index (χ1) is 7.23. The third kappa shape index (κ3) is 3.65. The van der Waals surface area contributed by atoms with Crippen molar-refractivity contribution in [3.8, 4) is 0 Å². The van der Waals surface area contributed by atoms with E-state index < -0.39 is 46.6 Å². The number of hydrogen-bond acceptors (Lipinski definition) is 6. The molecule has 0 radical (unpaired) electrons. The van der Waals surface area contributed by atoms with Gasteiger partial charge in [0.2, 0.25) is 0 Å². The maximum Gasteiger partial charge on any atom is 0.268 e. The fourth-order valence-corrected chi connectivity index (χ4v) is 2.88. The Morgan fingerprint density at radius 2 is 1.56 bits per heavy atom.